The molecule has 0 aliphatic carbocycles. The Hall–Kier alpha value is -0.0500. The average molecular weight is 288 g/mol. The SMILES string of the molecule is CCC(CC)(CNCC(C)C)Cc1ccc(Cl)s1. The zero-order valence-electron chi connectivity index (χ0n) is 12.1. The third-order valence-corrected chi connectivity index (χ3v) is 4.96. The van der Waals surface area contributed by atoms with Gasteiger partial charge in [-0.2, -0.15) is 0 Å². The van der Waals surface area contributed by atoms with Crippen molar-refractivity contribution in [2.45, 2.75) is 47.0 Å². The molecular formula is C15H26ClNS. The molecule has 1 N–H and O–H groups in total. The van der Waals surface area contributed by atoms with Gasteiger partial charge in [0.1, 0.15) is 0 Å². The van der Waals surface area contributed by atoms with Gasteiger partial charge in [0.05, 0.1) is 4.34 Å². The van der Waals surface area contributed by atoms with Crippen LogP contribution >= 0.6 is 22.9 Å². The second-order valence-corrected chi connectivity index (χ2v) is 7.41. The summed E-state index contributed by atoms with van der Waals surface area (Å²) in [4.78, 5) is 1.41. The van der Waals surface area contributed by atoms with Crippen LogP contribution in [0.5, 0.6) is 0 Å². The fourth-order valence-corrected chi connectivity index (χ4v) is 3.52. The van der Waals surface area contributed by atoms with Crippen molar-refractivity contribution >= 4 is 22.9 Å². The topological polar surface area (TPSA) is 12.0 Å². The van der Waals surface area contributed by atoms with E-state index >= 15 is 0 Å². The maximum Gasteiger partial charge on any atom is 0.0931 e. The highest BCUT2D eigenvalue weighted by Crippen LogP contribution is 2.34. The summed E-state index contributed by atoms with van der Waals surface area (Å²) in [7, 11) is 0. The second-order valence-electron chi connectivity index (χ2n) is 5.61. The van der Waals surface area contributed by atoms with E-state index in [4.69, 9.17) is 11.6 Å². The van der Waals surface area contributed by atoms with E-state index in [1.54, 1.807) is 11.3 Å². The lowest BCUT2D eigenvalue weighted by molar-refractivity contribution is 0.244. The van der Waals surface area contributed by atoms with Crippen LogP contribution in [0.25, 0.3) is 0 Å². The number of nitrogens with one attached hydrogen (secondary N) is 1. The third-order valence-electron chi connectivity index (χ3n) is 3.73. The van der Waals surface area contributed by atoms with E-state index in [0.717, 1.165) is 23.8 Å². The summed E-state index contributed by atoms with van der Waals surface area (Å²) in [6.45, 7) is 11.3. The molecule has 0 saturated heterocycles. The van der Waals surface area contributed by atoms with Crippen LogP contribution in [0.3, 0.4) is 0 Å². The van der Waals surface area contributed by atoms with Crippen LogP contribution in [-0.4, -0.2) is 13.1 Å². The molecule has 0 aliphatic heterocycles. The van der Waals surface area contributed by atoms with Crippen molar-refractivity contribution in [3.63, 3.8) is 0 Å². The van der Waals surface area contributed by atoms with Crippen LogP contribution in [0.1, 0.15) is 45.4 Å². The number of thiophene rings is 1. The Labute approximate surface area is 121 Å². The van der Waals surface area contributed by atoms with Gasteiger partial charge in [-0.05, 0) is 49.3 Å². The summed E-state index contributed by atoms with van der Waals surface area (Å²) in [5, 5.41) is 3.63. The van der Waals surface area contributed by atoms with E-state index in [2.05, 4.69) is 39.1 Å². The maximum atomic E-state index is 6.02. The highest BCUT2D eigenvalue weighted by molar-refractivity contribution is 7.16. The Morgan fingerprint density at radius 2 is 1.94 bits per heavy atom. The van der Waals surface area contributed by atoms with E-state index in [0.29, 0.717) is 11.3 Å². The molecular weight excluding hydrogens is 262 g/mol. The van der Waals surface area contributed by atoms with Gasteiger partial charge in [-0.25, -0.2) is 0 Å². The number of rotatable bonds is 8. The molecule has 0 atom stereocenters. The number of hydrogen-bond acceptors (Lipinski definition) is 2. The molecule has 0 aliphatic rings. The molecule has 18 heavy (non-hydrogen) atoms. The molecule has 0 unspecified atom stereocenters. The zero-order chi connectivity index (χ0) is 13.6. The smallest absolute Gasteiger partial charge is 0.0931 e. The molecule has 0 bridgehead atoms. The molecule has 1 aromatic heterocycles. The minimum absolute atomic E-state index is 0.378. The maximum absolute atomic E-state index is 6.02. The summed E-state index contributed by atoms with van der Waals surface area (Å²) in [5.41, 5.74) is 0.378. The van der Waals surface area contributed by atoms with E-state index in [1.165, 1.54) is 17.7 Å². The first-order valence-electron chi connectivity index (χ1n) is 6.96. The molecule has 104 valence electrons. The van der Waals surface area contributed by atoms with Gasteiger partial charge in [-0.15, -0.1) is 11.3 Å². The Morgan fingerprint density at radius 1 is 1.28 bits per heavy atom. The molecule has 0 fully saturated rings. The lowest BCUT2D eigenvalue weighted by Crippen LogP contribution is -2.36. The highest BCUT2D eigenvalue weighted by atomic mass is 35.5. The van der Waals surface area contributed by atoms with Crippen molar-refractivity contribution in [1.29, 1.82) is 0 Å². The van der Waals surface area contributed by atoms with Crippen LogP contribution in [0.2, 0.25) is 4.34 Å². The third kappa shape index (κ3) is 4.91. The fraction of sp³-hybridized carbons (Fsp3) is 0.733. The average Bonchev–Trinajstić information content (AvgIpc) is 2.73. The van der Waals surface area contributed by atoms with E-state index < -0.39 is 0 Å². The Balaban J connectivity index is 2.61. The van der Waals surface area contributed by atoms with Gasteiger partial charge in [-0.1, -0.05) is 39.3 Å². The van der Waals surface area contributed by atoms with Crippen molar-refractivity contribution in [3.05, 3.63) is 21.3 Å². The predicted octanol–water partition coefficient (Wildman–Crippen LogP) is 5.00. The molecule has 0 radical (unpaired) electrons. The largest absolute Gasteiger partial charge is 0.316 e. The minimum atomic E-state index is 0.378. The molecule has 1 nitrogen and oxygen atoms in total. The Kier molecular flexibility index (Phi) is 6.68. The first-order valence-corrected chi connectivity index (χ1v) is 8.15. The Bertz CT molecular complexity index is 342. The fourth-order valence-electron chi connectivity index (χ4n) is 2.25. The molecule has 0 amide bonds. The van der Waals surface area contributed by atoms with Crippen molar-refractivity contribution < 1.29 is 0 Å². The Morgan fingerprint density at radius 3 is 2.39 bits per heavy atom. The van der Waals surface area contributed by atoms with Crippen LogP contribution in [-0.2, 0) is 6.42 Å². The van der Waals surface area contributed by atoms with E-state index in [1.807, 2.05) is 6.07 Å². The van der Waals surface area contributed by atoms with Crippen molar-refractivity contribution in [2.24, 2.45) is 11.3 Å². The number of hydrogen-bond donors (Lipinski definition) is 1. The van der Waals surface area contributed by atoms with Gasteiger partial charge >= 0.3 is 0 Å². The molecule has 0 spiro atoms. The molecule has 1 heterocycles. The van der Waals surface area contributed by atoms with Crippen LogP contribution in [0.15, 0.2) is 12.1 Å². The zero-order valence-corrected chi connectivity index (χ0v) is 13.6. The molecule has 0 saturated carbocycles. The molecule has 1 rings (SSSR count). The van der Waals surface area contributed by atoms with Crippen molar-refractivity contribution in [3.8, 4) is 0 Å². The minimum Gasteiger partial charge on any atom is -0.316 e. The normalized spacial score (nSPS) is 12.3. The van der Waals surface area contributed by atoms with E-state index in [9.17, 15) is 0 Å². The molecule has 0 aromatic carbocycles. The summed E-state index contributed by atoms with van der Waals surface area (Å²) < 4.78 is 0.904. The molecule has 3 heteroatoms. The first kappa shape index (κ1) is 16.0. The second kappa shape index (κ2) is 7.52. The quantitative estimate of drug-likeness (QED) is 0.710. The van der Waals surface area contributed by atoms with Gasteiger partial charge in [0.15, 0.2) is 0 Å². The van der Waals surface area contributed by atoms with E-state index in [-0.39, 0.29) is 0 Å². The monoisotopic (exact) mass is 287 g/mol. The van der Waals surface area contributed by atoms with Crippen molar-refractivity contribution in [1.82, 2.24) is 5.32 Å². The van der Waals surface area contributed by atoms with Gasteiger partial charge in [0, 0.05) is 11.4 Å². The summed E-state index contributed by atoms with van der Waals surface area (Å²) in [6.07, 6.45) is 3.57. The van der Waals surface area contributed by atoms with Gasteiger partial charge < -0.3 is 5.32 Å². The standard InChI is InChI=1S/C15H26ClNS/c1-5-15(6-2,11-17-10-12(3)4)9-13-7-8-14(16)18-13/h7-8,12,17H,5-6,9-11H2,1-4H3. The summed E-state index contributed by atoms with van der Waals surface area (Å²) in [6, 6.07) is 4.19. The van der Waals surface area contributed by atoms with Gasteiger partial charge in [0.2, 0.25) is 0 Å². The van der Waals surface area contributed by atoms with Crippen LogP contribution in [0, 0.1) is 11.3 Å². The summed E-state index contributed by atoms with van der Waals surface area (Å²) in [5.74, 6) is 0.715. The predicted molar refractivity (Wildman–Crippen MR) is 83.8 cm³/mol. The van der Waals surface area contributed by atoms with Crippen LogP contribution in [0.4, 0.5) is 0 Å². The lowest BCUT2D eigenvalue weighted by atomic mass is 9.78. The highest BCUT2D eigenvalue weighted by Gasteiger charge is 2.26. The van der Waals surface area contributed by atoms with Crippen molar-refractivity contribution in [2.75, 3.05) is 13.1 Å². The first-order chi connectivity index (χ1) is 8.51. The van der Waals surface area contributed by atoms with Crippen LogP contribution < -0.4 is 5.32 Å². The number of halogens is 1. The summed E-state index contributed by atoms with van der Waals surface area (Å²) >= 11 is 7.75. The van der Waals surface area contributed by atoms with Gasteiger partial charge in [-0.3, -0.25) is 0 Å². The molecule has 1 aromatic rings. The van der Waals surface area contributed by atoms with Gasteiger partial charge in [0.25, 0.3) is 0 Å². The lowest BCUT2D eigenvalue weighted by Gasteiger charge is -2.32.